The van der Waals surface area contributed by atoms with Gasteiger partial charge in [-0.3, -0.25) is 0 Å². The van der Waals surface area contributed by atoms with Crippen molar-refractivity contribution in [2.24, 2.45) is 0 Å². The number of rotatable bonds is 4. The minimum absolute atomic E-state index is 0.475. The van der Waals surface area contributed by atoms with Crippen molar-refractivity contribution in [2.75, 3.05) is 11.9 Å². The van der Waals surface area contributed by atoms with Crippen LogP contribution in [0.5, 0.6) is 5.75 Å². The smallest absolute Gasteiger partial charge is 0.137 e. The van der Waals surface area contributed by atoms with Crippen LogP contribution in [0.2, 0.25) is 5.02 Å². The van der Waals surface area contributed by atoms with E-state index in [1.165, 1.54) is 5.56 Å². The fourth-order valence-electron chi connectivity index (χ4n) is 1.19. The van der Waals surface area contributed by atoms with Gasteiger partial charge in [-0.05, 0) is 30.5 Å². The summed E-state index contributed by atoms with van der Waals surface area (Å²) in [5.74, 6) is 1.24. The van der Waals surface area contributed by atoms with Crippen LogP contribution in [0.25, 0.3) is 0 Å². The van der Waals surface area contributed by atoms with E-state index in [2.05, 4.69) is 28.9 Å². The van der Waals surface area contributed by atoms with Crippen LogP contribution in [0.1, 0.15) is 25.3 Å². The van der Waals surface area contributed by atoms with E-state index in [9.17, 15) is 0 Å². The van der Waals surface area contributed by atoms with Gasteiger partial charge in [-0.25, -0.2) is 0 Å². The van der Waals surface area contributed by atoms with E-state index in [-0.39, 0.29) is 0 Å². The maximum absolute atomic E-state index is 6.07. The molecule has 78 valence electrons. The lowest BCUT2D eigenvalue weighted by Gasteiger charge is -2.11. The Morgan fingerprint density at radius 2 is 2.21 bits per heavy atom. The summed E-state index contributed by atoms with van der Waals surface area (Å²) in [6, 6.07) is 5.96. The Morgan fingerprint density at radius 1 is 1.50 bits per heavy atom. The van der Waals surface area contributed by atoms with Gasteiger partial charge in [0.15, 0.2) is 0 Å². The molecule has 0 spiro atoms. The van der Waals surface area contributed by atoms with Crippen molar-refractivity contribution in [1.82, 2.24) is 0 Å². The topological polar surface area (TPSA) is 9.23 Å². The van der Waals surface area contributed by atoms with Crippen molar-refractivity contribution in [1.29, 1.82) is 0 Å². The van der Waals surface area contributed by atoms with Gasteiger partial charge in [0, 0.05) is 5.33 Å². The highest BCUT2D eigenvalue weighted by Crippen LogP contribution is 2.29. The lowest BCUT2D eigenvalue weighted by Crippen LogP contribution is -1.96. The van der Waals surface area contributed by atoms with Crippen molar-refractivity contribution < 1.29 is 4.74 Å². The zero-order valence-corrected chi connectivity index (χ0v) is 10.7. The second-order valence-corrected chi connectivity index (χ2v) is 4.23. The third kappa shape index (κ3) is 2.89. The molecule has 14 heavy (non-hydrogen) atoms. The zero-order chi connectivity index (χ0) is 10.6. The van der Waals surface area contributed by atoms with Gasteiger partial charge < -0.3 is 4.74 Å². The molecule has 0 amide bonds. The fourth-order valence-corrected chi connectivity index (χ4v) is 1.80. The quantitative estimate of drug-likeness (QED) is 0.748. The van der Waals surface area contributed by atoms with Gasteiger partial charge in [0.2, 0.25) is 0 Å². The van der Waals surface area contributed by atoms with E-state index in [4.69, 9.17) is 16.3 Å². The summed E-state index contributed by atoms with van der Waals surface area (Å²) in [7, 11) is 0. The number of halogens is 2. The minimum atomic E-state index is 0.475. The van der Waals surface area contributed by atoms with E-state index in [0.29, 0.717) is 17.5 Å². The highest BCUT2D eigenvalue weighted by atomic mass is 79.9. The summed E-state index contributed by atoms with van der Waals surface area (Å²) in [4.78, 5) is 0. The first-order chi connectivity index (χ1) is 6.69. The van der Waals surface area contributed by atoms with Crippen molar-refractivity contribution in [2.45, 2.75) is 19.8 Å². The maximum Gasteiger partial charge on any atom is 0.137 e. The summed E-state index contributed by atoms with van der Waals surface area (Å²) in [5, 5.41) is 1.63. The van der Waals surface area contributed by atoms with Crippen LogP contribution in [-0.4, -0.2) is 11.9 Å². The van der Waals surface area contributed by atoms with Gasteiger partial charge in [0.1, 0.15) is 5.75 Å². The molecule has 1 nitrogen and oxygen atoms in total. The Kier molecular flexibility index (Phi) is 4.76. The Balaban J connectivity index is 2.88. The largest absolute Gasteiger partial charge is 0.492 e. The predicted molar refractivity (Wildman–Crippen MR) is 64.8 cm³/mol. The van der Waals surface area contributed by atoms with Crippen LogP contribution in [0.4, 0.5) is 0 Å². The Labute approximate surface area is 98.5 Å². The molecule has 0 aliphatic rings. The van der Waals surface area contributed by atoms with E-state index in [0.717, 1.165) is 11.1 Å². The van der Waals surface area contributed by atoms with Crippen LogP contribution in [0.15, 0.2) is 18.2 Å². The Hall–Kier alpha value is -0.210. The highest BCUT2D eigenvalue weighted by Gasteiger charge is 2.07. The normalized spacial score (nSPS) is 12.6. The van der Waals surface area contributed by atoms with Crippen LogP contribution >= 0.6 is 27.5 Å². The molecule has 3 heteroatoms. The molecule has 0 bridgehead atoms. The average Bonchev–Trinajstić information content (AvgIpc) is 2.20. The summed E-state index contributed by atoms with van der Waals surface area (Å²) in [6.07, 6.45) is 0. The third-order valence-electron chi connectivity index (χ3n) is 2.06. The highest BCUT2D eigenvalue weighted by molar-refractivity contribution is 9.09. The molecule has 0 radical (unpaired) electrons. The second kappa shape index (κ2) is 5.62. The van der Waals surface area contributed by atoms with Gasteiger partial charge >= 0.3 is 0 Å². The molecule has 0 N–H and O–H groups in total. The molecule has 0 heterocycles. The molecule has 1 atom stereocenters. The molecule has 1 rings (SSSR count). The molecular weight excluding hydrogens is 263 g/mol. The monoisotopic (exact) mass is 276 g/mol. The molecule has 0 aliphatic carbocycles. The van der Waals surface area contributed by atoms with E-state index < -0.39 is 0 Å². The first kappa shape index (κ1) is 11.9. The van der Waals surface area contributed by atoms with Crippen molar-refractivity contribution in [3.63, 3.8) is 0 Å². The molecule has 1 unspecified atom stereocenters. The molecule has 0 saturated heterocycles. The third-order valence-corrected chi connectivity index (χ3v) is 3.32. The van der Waals surface area contributed by atoms with Gasteiger partial charge in [-0.15, -0.1) is 0 Å². The molecule has 0 fully saturated rings. The molecular formula is C11H14BrClO. The van der Waals surface area contributed by atoms with Crippen molar-refractivity contribution >= 4 is 27.5 Å². The van der Waals surface area contributed by atoms with Crippen LogP contribution < -0.4 is 4.74 Å². The summed E-state index contributed by atoms with van der Waals surface area (Å²) in [5.41, 5.74) is 1.23. The summed E-state index contributed by atoms with van der Waals surface area (Å²) >= 11 is 9.52. The zero-order valence-electron chi connectivity index (χ0n) is 8.39. The van der Waals surface area contributed by atoms with Crippen molar-refractivity contribution in [3.8, 4) is 5.75 Å². The number of benzene rings is 1. The Bertz CT molecular complexity index is 301. The predicted octanol–water partition coefficient (Wildman–Crippen LogP) is 4.24. The molecule has 1 aromatic carbocycles. The molecule has 0 aromatic heterocycles. The minimum Gasteiger partial charge on any atom is -0.492 e. The second-order valence-electron chi connectivity index (χ2n) is 3.18. The molecule has 0 saturated carbocycles. The maximum atomic E-state index is 6.07. The van der Waals surface area contributed by atoms with Gasteiger partial charge in [0.25, 0.3) is 0 Å². The average molecular weight is 278 g/mol. The van der Waals surface area contributed by atoms with Gasteiger partial charge in [-0.2, -0.15) is 0 Å². The number of hydrogen-bond acceptors (Lipinski definition) is 1. The summed E-state index contributed by atoms with van der Waals surface area (Å²) in [6.45, 7) is 4.75. The van der Waals surface area contributed by atoms with Gasteiger partial charge in [0.05, 0.1) is 11.6 Å². The first-order valence-electron chi connectivity index (χ1n) is 4.67. The molecule has 0 aliphatic heterocycles. The SMILES string of the molecule is CCOc1ccc(C(C)CBr)cc1Cl. The van der Waals surface area contributed by atoms with Crippen LogP contribution in [-0.2, 0) is 0 Å². The lowest BCUT2D eigenvalue weighted by molar-refractivity contribution is 0.340. The van der Waals surface area contributed by atoms with Crippen LogP contribution in [0.3, 0.4) is 0 Å². The van der Waals surface area contributed by atoms with E-state index in [1.54, 1.807) is 0 Å². The van der Waals surface area contributed by atoms with Gasteiger partial charge in [-0.1, -0.05) is 40.5 Å². The van der Waals surface area contributed by atoms with E-state index in [1.807, 2.05) is 19.1 Å². The number of ether oxygens (including phenoxy) is 1. The van der Waals surface area contributed by atoms with Crippen molar-refractivity contribution in [3.05, 3.63) is 28.8 Å². The number of alkyl halides is 1. The first-order valence-corrected chi connectivity index (χ1v) is 6.17. The number of hydrogen-bond donors (Lipinski definition) is 0. The standard InChI is InChI=1S/C11H14BrClO/c1-3-14-11-5-4-9(6-10(11)13)8(2)7-12/h4-6,8H,3,7H2,1-2H3. The van der Waals surface area contributed by atoms with Crippen LogP contribution in [0, 0.1) is 0 Å². The molecule has 1 aromatic rings. The fraction of sp³-hybridized carbons (Fsp3) is 0.455. The summed E-state index contributed by atoms with van der Waals surface area (Å²) < 4.78 is 5.36. The Morgan fingerprint density at radius 3 is 2.71 bits per heavy atom. The lowest BCUT2D eigenvalue weighted by atomic mass is 10.0. The van der Waals surface area contributed by atoms with E-state index >= 15 is 0 Å².